The number of thiophene rings is 1. The first-order valence-electron chi connectivity index (χ1n) is 6.44. The Morgan fingerprint density at radius 1 is 1.45 bits per heavy atom. The Hall–Kier alpha value is -1.88. The number of hydrogen-bond donors (Lipinski definition) is 1. The summed E-state index contributed by atoms with van der Waals surface area (Å²) >= 11 is 1.68. The minimum absolute atomic E-state index is 0.100. The summed E-state index contributed by atoms with van der Waals surface area (Å²) in [4.78, 5) is 15.4. The number of halogens is 1. The molecule has 0 bridgehead atoms. The van der Waals surface area contributed by atoms with Crippen molar-refractivity contribution in [1.82, 2.24) is 4.90 Å². The van der Waals surface area contributed by atoms with E-state index in [9.17, 15) is 14.3 Å². The number of benzene rings is 1. The third-order valence-electron chi connectivity index (χ3n) is 3.74. The third kappa shape index (κ3) is 1.98. The Balaban J connectivity index is 1.96. The van der Waals surface area contributed by atoms with Crippen LogP contribution >= 0.6 is 11.3 Å². The predicted octanol–water partition coefficient (Wildman–Crippen LogP) is 3.35. The first-order valence-corrected chi connectivity index (χ1v) is 7.32. The van der Waals surface area contributed by atoms with E-state index in [0.717, 1.165) is 12.0 Å². The van der Waals surface area contributed by atoms with Gasteiger partial charge in [0.25, 0.3) is 5.91 Å². The van der Waals surface area contributed by atoms with Gasteiger partial charge in [-0.15, -0.1) is 11.3 Å². The molecule has 0 aliphatic carbocycles. The summed E-state index contributed by atoms with van der Waals surface area (Å²) in [7, 11) is 0. The van der Waals surface area contributed by atoms with Crippen LogP contribution in [-0.4, -0.2) is 22.5 Å². The molecule has 0 saturated heterocycles. The molecule has 0 saturated carbocycles. The number of nitrogens with zero attached hydrogens (tertiary/aromatic N) is 1. The second-order valence-electron chi connectivity index (χ2n) is 4.86. The minimum Gasteiger partial charge on any atom is -0.507 e. The molecule has 1 unspecified atom stereocenters. The van der Waals surface area contributed by atoms with Crippen LogP contribution in [0.2, 0.25) is 0 Å². The molecule has 3 nitrogen and oxygen atoms in total. The highest BCUT2D eigenvalue weighted by atomic mass is 32.1. The van der Waals surface area contributed by atoms with Crippen molar-refractivity contribution in [1.29, 1.82) is 0 Å². The summed E-state index contributed by atoms with van der Waals surface area (Å²) in [5, 5.41) is 11.8. The molecule has 0 fully saturated rings. The molecular weight excluding hydrogens is 277 g/mol. The second-order valence-corrected chi connectivity index (χ2v) is 5.86. The maximum absolute atomic E-state index is 13.8. The summed E-state index contributed by atoms with van der Waals surface area (Å²) in [6, 6.07) is 5.82. The maximum atomic E-state index is 13.8. The zero-order valence-corrected chi connectivity index (χ0v) is 11.8. The van der Waals surface area contributed by atoms with E-state index in [0.29, 0.717) is 6.54 Å². The molecule has 5 heteroatoms. The van der Waals surface area contributed by atoms with E-state index in [2.05, 4.69) is 0 Å². The number of fused-ring (bicyclic) bond motifs is 1. The average molecular weight is 291 g/mol. The molecule has 1 amide bonds. The van der Waals surface area contributed by atoms with Gasteiger partial charge < -0.3 is 10.0 Å². The highest BCUT2D eigenvalue weighted by molar-refractivity contribution is 7.10. The molecule has 104 valence electrons. The molecule has 1 N–H and O–H groups in total. The summed E-state index contributed by atoms with van der Waals surface area (Å²) in [6.45, 7) is 2.47. The van der Waals surface area contributed by atoms with E-state index in [-0.39, 0.29) is 17.4 Å². The minimum atomic E-state index is -0.682. The van der Waals surface area contributed by atoms with Gasteiger partial charge in [0.1, 0.15) is 17.1 Å². The average Bonchev–Trinajstić information content (AvgIpc) is 2.88. The first kappa shape index (κ1) is 13.1. The molecule has 1 aromatic carbocycles. The quantitative estimate of drug-likeness (QED) is 0.875. The predicted molar refractivity (Wildman–Crippen MR) is 75.5 cm³/mol. The molecule has 20 heavy (non-hydrogen) atoms. The van der Waals surface area contributed by atoms with E-state index >= 15 is 0 Å². The van der Waals surface area contributed by atoms with Crippen LogP contribution in [0.1, 0.15) is 33.8 Å². The van der Waals surface area contributed by atoms with E-state index < -0.39 is 11.7 Å². The Kier molecular flexibility index (Phi) is 3.22. The van der Waals surface area contributed by atoms with Crippen molar-refractivity contribution in [2.75, 3.05) is 6.54 Å². The fourth-order valence-electron chi connectivity index (χ4n) is 2.65. The summed E-state index contributed by atoms with van der Waals surface area (Å²) in [5.74, 6) is -1.44. The smallest absolute Gasteiger partial charge is 0.261 e. The Bertz CT molecular complexity index is 647. The normalized spacial score (nSPS) is 17.9. The van der Waals surface area contributed by atoms with Crippen LogP contribution in [0.25, 0.3) is 0 Å². The number of carbonyl (C=O) groups is 1. The van der Waals surface area contributed by atoms with Crippen LogP contribution in [0, 0.1) is 5.82 Å². The van der Waals surface area contributed by atoms with Crippen molar-refractivity contribution in [3.05, 3.63) is 51.5 Å². The number of amides is 1. The number of hydrogen-bond acceptors (Lipinski definition) is 3. The zero-order chi connectivity index (χ0) is 14.3. The fraction of sp³-hybridized carbons (Fsp3) is 0.267. The van der Waals surface area contributed by atoms with Crippen LogP contribution in [0.15, 0.2) is 29.6 Å². The van der Waals surface area contributed by atoms with Crippen molar-refractivity contribution in [2.45, 2.75) is 19.4 Å². The lowest BCUT2D eigenvalue weighted by atomic mass is 10.00. The van der Waals surface area contributed by atoms with Crippen molar-refractivity contribution in [2.24, 2.45) is 0 Å². The van der Waals surface area contributed by atoms with Gasteiger partial charge in [0.05, 0.1) is 6.04 Å². The van der Waals surface area contributed by atoms with Gasteiger partial charge >= 0.3 is 0 Å². The van der Waals surface area contributed by atoms with Gasteiger partial charge in [0, 0.05) is 11.4 Å². The molecule has 0 radical (unpaired) electrons. The first-order chi connectivity index (χ1) is 9.59. The van der Waals surface area contributed by atoms with Crippen LogP contribution in [-0.2, 0) is 6.42 Å². The van der Waals surface area contributed by atoms with Crippen LogP contribution < -0.4 is 0 Å². The Morgan fingerprint density at radius 3 is 3.00 bits per heavy atom. The van der Waals surface area contributed by atoms with Gasteiger partial charge in [-0.25, -0.2) is 4.39 Å². The lowest BCUT2D eigenvalue weighted by Gasteiger charge is -2.33. The molecule has 1 atom stereocenters. The van der Waals surface area contributed by atoms with E-state index in [1.165, 1.54) is 23.1 Å². The number of phenols is 1. The summed E-state index contributed by atoms with van der Waals surface area (Å²) < 4.78 is 13.8. The van der Waals surface area contributed by atoms with Crippen molar-refractivity contribution in [3.63, 3.8) is 0 Å². The molecule has 2 heterocycles. The molecule has 1 aliphatic heterocycles. The monoisotopic (exact) mass is 291 g/mol. The highest BCUT2D eigenvalue weighted by Crippen LogP contribution is 2.35. The number of carbonyl (C=O) groups excluding carboxylic acids is 1. The molecule has 1 aromatic heterocycles. The Morgan fingerprint density at radius 2 is 2.25 bits per heavy atom. The van der Waals surface area contributed by atoms with Gasteiger partial charge in [0.15, 0.2) is 0 Å². The van der Waals surface area contributed by atoms with Gasteiger partial charge in [-0.05, 0) is 42.5 Å². The van der Waals surface area contributed by atoms with Crippen molar-refractivity contribution < 1.29 is 14.3 Å². The van der Waals surface area contributed by atoms with Crippen molar-refractivity contribution in [3.8, 4) is 5.75 Å². The SMILES string of the molecule is CC1c2ccsc2CCN1C(=O)c1c(O)cccc1F. The molecular formula is C15H14FNO2S. The standard InChI is InChI=1S/C15H14FNO2S/c1-9-10-6-8-20-13(10)5-7-17(9)15(19)14-11(16)3-2-4-12(14)18/h2-4,6,8-9,18H,5,7H2,1H3. The number of rotatable bonds is 1. The lowest BCUT2D eigenvalue weighted by molar-refractivity contribution is 0.0671. The van der Waals surface area contributed by atoms with Crippen LogP contribution in [0.4, 0.5) is 4.39 Å². The van der Waals surface area contributed by atoms with E-state index in [4.69, 9.17) is 0 Å². The largest absolute Gasteiger partial charge is 0.507 e. The van der Waals surface area contributed by atoms with Crippen molar-refractivity contribution >= 4 is 17.2 Å². The number of aromatic hydroxyl groups is 1. The lowest BCUT2D eigenvalue weighted by Crippen LogP contribution is -2.38. The summed E-state index contributed by atoms with van der Waals surface area (Å²) in [6.07, 6.45) is 0.776. The van der Waals surface area contributed by atoms with Gasteiger partial charge in [-0.3, -0.25) is 4.79 Å². The highest BCUT2D eigenvalue weighted by Gasteiger charge is 2.31. The van der Waals surface area contributed by atoms with Crippen LogP contribution in [0.3, 0.4) is 0 Å². The van der Waals surface area contributed by atoms with Gasteiger partial charge in [0.2, 0.25) is 0 Å². The molecule has 2 aromatic rings. The second kappa shape index (κ2) is 4.90. The van der Waals surface area contributed by atoms with E-state index in [1.807, 2.05) is 18.4 Å². The number of phenolic OH excluding ortho intramolecular Hbond substituents is 1. The topological polar surface area (TPSA) is 40.5 Å². The van der Waals surface area contributed by atoms with Gasteiger partial charge in [-0.2, -0.15) is 0 Å². The molecule has 0 spiro atoms. The third-order valence-corrected chi connectivity index (χ3v) is 4.74. The Labute approximate surface area is 120 Å². The van der Waals surface area contributed by atoms with E-state index in [1.54, 1.807) is 16.2 Å². The van der Waals surface area contributed by atoms with Gasteiger partial charge in [-0.1, -0.05) is 6.07 Å². The zero-order valence-electron chi connectivity index (χ0n) is 11.0. The molecule has 1 aliphatic rings. The fourth-order valence-corrected chi connectivity index (χ4v) is 3.62. The maximum Gasteiger partial charge on any atom is 0.261 e. The molecule has 3 rings (SSSR count). The summed E-state index contributed by atoms with van der Waals surface area (Å²) in [5.41, 5.74) is 0.878. The van der Waals surface area contributed by atoms with Crippen LogP contribution in [0.5, 0.6) is 5.75 Å².